The molecule has 6 nitrogen and oxygen atoms in total. The minimum absolute atomic E-state index is 0.416. The molecule has 0 spiro atoms. The highest BCUT2D eigenvalue weighted by Gasteiger charge is 2.25. The molecule has 1 saturated heterocycles. The molecule has 3 aromatic heterocycles. The van der Waals surface area contributed by atoms with E-state index in [1.807, 2.05) is 12.3 Å². The first kappa shape index (κ1) is 10.9. The summed E-state index contributed by atoms with van der Waals surface area (Å²) in [5, 5.41) is 12.1. The second-order valence-corrected chi connectivity index (χ2v) is 5.42. The molecule has 0 bridgehead atoms. The Hall–Kier alpha value is -1.95. The topological polar surface area (TPSA) is 70.9 Å². The van der Waals surface area contributed by atoms with Gasteiger partial charge in [0.25, 0.3) is 0 Å². The van der Waals surface area contributed by atoms with Crippen LogP contribution in [0.2, 0.25) is 0 Å². The van der Waals surface area contributed by atoms with Crippen LogP contribution in [0.25, 0.3) is 16.8 Å². The van der Waals surface area contributed by atoms with E-state index >= 15 is 0 Å². The molecule has 4 rings (SSSR count). The van der Waals surface area contributed by atoms with Crippen LogP contribution in [-0.2, 0) is 0 Å². The summed E-state index contributed by atoms with van der Waals surface area (Å²) in [5.41, 5.74) is 2.75. The Kier molecular flexibility index (Phi) is 2.32. The van der Waals surface area contributed by atoms with Crippen molar-refractivity contribution in [3.05, 3.63) is 24.3 Å². The molecule has 1 fully saturated rings. The summed E-state index contributed by atoms with van der Waals surface area (Å²) in [6.07, 6.45) is 4.83. The average Bonchev–Trinajstić information content (AvgIpc) is 3.04. The van der Waals surface area contributed by atoms with E-state index in [4.69, 9.17) is 0 Å². The number of nitrogens with zero attached hydrogens (tertiary/aromatic N) is 4. The third kappa shape index (κ3) is 1.63. The highest BCUT2D eigenvalue weighted by molar-refractivity contribution is 5.74. The van der Waals surface area contributed by atoms with Gasteiger partial charge in [0.1, 0.15) is 5.82 Å². The zero-order valence-corrected chi connectivity index (χ0v) is 10.8. The standard InChI is InChI=1S/C13H16N6/c1-8-4-9(6-14-5-8)13-18-17-11-7-16-12-10(19(11)13)2-3-15-12/h2-3,7-9,14-15H,4-6H2,1H3. The van der Waals surface area contributed by atoms with Crippen molar-refractivity contribution < 1.29 is 0 Å². The van der Waals surface area contributed by atoms with E-state index in [0.717, 1.165) is 42.1 Å². The number of aromatic nitrogens is 5. The van der Waals surface area contributed by atoms with Crippen LogP contribution in [0.15, 0.2) is 18.5 Å². The fourth-order valence-electron chi connectivity index (χ4n) is 3.02. The Labute approximate surface area is 110 Å². The van der Waals surface area contributed by atoms with Gasteiger partial charge in [-0.3, -0.25) is 4.40 Å². The Morgan fingerprint density at radius 3 is 3.16 bits per heavy atom. The van der Waals surface area contributed by atoms with Gasteiger partial charge >= 0.3 is 0 Å². The van der Waals surface area contributed by atoms with Crippen molar-refractivity contribution in [2.45, 2.75) is 19.3 Å². The number of nitrogens with one attached hydrogen (secondary N) is 2. The van der Waals surface area contributed by atoms with E-state index < -0.39 is 0 Å². The summed E-state index contributed by atoms with van der Waals surface area (Å²) in [5.74, 6) is 2.13. The van der Waals surface area contributed by atoms with Crippen LogP contribution in [0.1, 0.15) is 25.1 Å². The Bertz CT molecular complexity index is 727. The Morgan fingerprint density at radius 2 is 2.26 bits per heavy atom. The van der Waals surface area contributed by atoms with E-state index in [9.17, 15) is 0 Å². The quantitative estimate of drug-likeness (QED) is 0.689. The molecule has 19 heavy (non-hydrogen) atoms. The fraction of sp³-hybridized carbons (Fsp3) is 0.462. The van der Waals surface area contributed by atoms with Gasteiger partial charge in [-0.15, -0.1) is 10.2 Å². The summed E-state index contributed by atoms with van der Waals surface area (Å²) >= 11 is 0. The Balaban J connectivity index is 1.91. The average molecular weight is 256 g/mol. The molecule has 0 aromatic carbocycles. The highest BCUT2D eigenvalue weighted by Crippen LogP contribution is 2.26. The lowest BCUT2D eigenvalue weighted by atomic mass is 9.91. The van der Waals surface area contributed by atoms with Crippen molar-refractivity contribution in [2.75, 3.05) is 13.1 Å². The zero-order valence-electron chi connectivity index (χ0n) is 10.8. The summed E-state index contributed by atoms with van der Waals surface area (Å²) < 4.78 is 2.13. The molecule has 0 amide bonds. The summed E-state index contributed by atoms with van der Waals surface area (Å²) in [6, 6.07) is 2.03. The van der Waals surface area contributed by atoms with Crippen LogP contribution in [0.4, 0.5) is 0 Å². The van der Waals surface area contributed by atoms with Crippen LogP contribution in [0.3, 0.4) is 0 Å². The number of hydrogen-bond acceptors (Lipinski definition) is 4. The van der Waals surface area contributed by atoms with E-state index in [0.29, 0.717) is 11.8 Å². The monoisotopic (exact) mass is 256 g/mol. The molecule has 98 valence electrons. The van der Waals surface area contributed by atoms with Crippen LogP contribution in [0, 0.1) is 5.92 Å². The van der Waals surface area contributed by atoms with Gasteiger partial charge in [0.05, 0.1) is 11.7 Å². The molecular formula is C13H16N6. The lowest BCUT2D eigenvalue weighted by Crippen LogP contribution is -2.34. The van der Waals surface area contributed by atoms with Gasteiger partial charge in [-0.25, -0.2) is 4.98 Å². The highest BCUT2D eigenvalue weighted by atomic mass is 15.3. The maximum Gasteiger partial charge on any atom is 0.179 e. The first-order chi connectivity index (χ1) is 9.33. The van der Waals surface area contributed by atoms with Gasteiger partial charge in [0.2, 0.25) is 0 Å². The summed E-state index contributed by atoms with van der Waals surface area (Å²) in [7, 11) is 0. The van der Waals surface area contributed by atoms with E-state index in [1.165, 1.54) is 0 Å². The predicted octanol–water partition coefficient (Wildman–Crippen LogP) is 1.32. The molecule has 1 aliphatic rings. The molecule has 0 aliphatic carbocycles. The normalized spacial score (nSPS) is 24.3. The lowest BCUT2D eigenvalue weighted by Gasteiger charge is -2.26. The smallest absolute Gasteiger partial charge is 0.179 e. The summed E-state index contributed by atoms with van der Waals surface area (Å²) in [6.45, 7) is 4.34. The number of piperidine rings is 1. The van der Waals surface area contributed by atoms with Gasteiger partial charge in [-0.2, -0.15) is 0 Å². The molecule has 0 radical (unpaired) electrons. The molecule has 2 unspecified atom stereocenters. The first-order valence-corrected chi connectivity index (χ1v) is 6.71. The Morgan fingerprint density at radius 1 is 1.32 bits per heavy atom. The van der Waals surface area contributed by atoms with Gasteiger partial charge in [0.15, 0.2) is 11.3 Å². The van der Waals surface area contributed by atoms with E-state index in [1.54, 1.807) is 6.20 Å². The lowest BCUT2D eigenvalue weighted by molar-refractivity contribution is 0.354. The number of hydrogen-bond donors (Lipinski definition) is 2. The largest absolute Gasteiger partial charge is 0.345 e. The molecule has 2 N–H and O–H groups in total. The third-order valence-corrected chi connectivity index (χ3v) is 3.90. The summed E-state index contributed by atoms with van der Waals surface area (Å²) in [4.78, 5) is 7.49. The van der Waals surface area contributed by atoms with Crippen LogP contribution < -0.4 is 5.32 Å². The van der Waals surface area contributed by atoms with Crippen LogP contribution >= 0.6 is 0 Å². The molecule has 0 saturated carbocycles. The third-order valence-electron chi connectivity index (χ3n) is 3.90. The van der Waals surface area contributed by atoms with Crippen molar-refractivity contribution in [3.63, 3.8) is 0 Å². The van der Waals surface area contributed by atoms with Gasteiger partial charge in [-0.05, 0) is 24.9 Å². The maximum absolute atomic E-state index is 4.40. The number of fused-ring (bicyclic) bond motifs is 3. The maximum atomic E-state index is 4.40. The van der Waals surface area contributed by atoms with Crippen molar-refractivity contribution in [1.29, 1.82) is 0 Å². The molecule has 4 heterocycles. The van der Waals surface area contributed by atoms with Crippen molar-refractivity contribution in [3.8, 4) is 0 Å². The fourth-order valence-corrected chi connectivity index (χ4v) is 3.02. The van der Waals surface area contributed by atoms with Crippen molar-refractivity contribution in [1.82, 2.24) is 29.9 Å². The molecule has 2 atom stereocenters. The van der Waals surface area contributed by atoms with Crippen molar-refractivity contribution >= 4 is 16.8 Å². The number of aromatic amines is 1. The van der Waals surface area contributed by atoms with Gasteiger partial charge in [-0.1, -0.05) is 6.92 Å². The van der Waals surface area contributed by atoms with Gasteiger partial charge in [0, 0.05) is 18.7 Å². The molecule has 3 aromatic rings. The minimum atomic E-state index is 0.416. The predicted molar refractivity (Wildman–Crippen MR) is 72.0 cm³/mol. The second-order valence-electron chi connectivity index (χ2n) is 5.42. The van der Waals surface area contributed by atoms with E-state index in [2.05, 4.69) is 36.8 Å². The zero-order chi connectivity index (χ0) is 12.8. The van der Waals surface area contributed by atoms with Gasteiger partial charge < -0.3 is 10.3 Å². The first-order valence-electron chi connectivity index (χ1n) is 6.71. The minimum Gasteiger partial charge on any atom is -0.345 e. The van der Waals surface area contributed by atoms with E-state index in [-0.39, 0.29) is 0 Å². The second kappa shape index (κ2) is 4.03. The molecule has 6 heteroatoms. The molecular weight excluding hydrogens is 240 g/mol. The number of rotatable bonds is 1. The number of H-pyrrole nitrogens is 1. The van der Waals surface area contributed by atoms with Crippen LogP contribution in [-0.4, -0.2) is 37.7 Å². The van der Waals surface area contributed by atoms with Crippen molar-refractivity contribution in [2.24, 2.45) is 5.92 Å². The molecule has 1 aliphatic heterocycles. The van der Waals surface area contributed by atoms with Crippen LogP contribution in [0.5, 0.6) is 0 Å². The SMILES string of the molecule is CC1CNCC(c2nnc3cnc4[nH]ccc4n23)C1.